The molecule has 2 atom stereocenters. The average molecular weight is 370 g/mol. The Kier molecular flexibility index (Phi) is 5.37. The Morgan fingerprint density at radius 2 is 2.09 bits per heavy atom. The van der Waals surface area contributed by atoms with Crippen LogP contribution in [-0.4, -0.2) is 35.3 Å². The topological polar surface area (TPSA) is 38.8 Å². The largest absolute Gasteiger partial charge is 0.490 e. The highest BCUT2D eigenvalue weighted by molar-refractivity contribution is 9.10. The van der Waals surface area contributed by atoms with Crippen LogP contribution in [-0.2, 0) is 4.74 Å². The first-order chi connectivity index (χ1) is 10.2. The van der Waals surface area contributed by atoms with Gasteiger partial charge >= 0.3 is 6.09 Å². The molecule has 1 aromatic carbocycles. The van der Waals surface area contributed by atoms with Gasteiger partial charge in [0.15, 0.2) is 0 Å². The van der Waals surface area contributed by atoms with Gasteiger partial charge in [0.25, 0.3) is 0 Å². The van der Waals surface area contributed by atoms with E-state index < -0.39 is 5.60 Å². The van der Waals surface area contributed by atoms with Crippen molar-refractivity contribution in [3.63, 3.8) is 0 Å². The van der Waals surface area contributed by atoms with Crippen LogP contribution >= 0.6 is 15.9 Å². The van der Waals surface area contributed by atoms with Gasteiger partial charge in [0.1, 0.15) is 17.5 Å². The zero-order valence-electron chi connectivity index (χ0n) is 13.6. The van der Waals surface area contributed by atoms with E-state index in [4.69, 9.17) is 9.47 Å². The summed E-state index contributed by atoms with van der Waals surface area (Å²) in [4.78, 5) is 14.0. The molecule has 22 heavy (non-hydrogen) atoms. The lowest BCUT2D eigenvalue weighted by atomic mass is 10.0. The van der Waals surface area contributed by atoms with Crippen molar-refractivity contribution in [3.05, 3.63) is 28.7 Å². The number of carbonyl (C=O) groups is 1. The van der Waals surface area contributed by atoms with E-state index in [0.717, 1.165) is 23.1 Å². The maximum atomic E-state index is 12.2. The van der Waals surface area contributed by atoms with E-state index in [1.54, 1.807) is 4.90 Å². The molecule has 122 valence electrons. The summed E-state index contributed by atoms with van der Waals surface area (Å²) in [5.41, 5.74) is -0.458. The Morgan fingerprint density at radius 3 is 2.68 bits per heavy atom. The maximum absolute atomic E-state index is 12.2. The predicted octanol–water partition coefficient (Wildman–Crippen LogP) is 4.62. The van der Waals surface area contributed by atoms with Gasteiger partial charge in [-0.25, -0.2) is 4.79 Å². The van der Waals surface area contributed by atoms with Crippen LogP contribution in [0, 0.1) is 0 Å². The molecule has 1 fully saturated rings. The van der Waals surface area contributed by atoms with Crippen LogP contribution in [0.5, 0.6) is 5.75 Å². The smallest absolute Gasteiger partial charge is 0.410 e. The molecule has 1 heterocycles. The molecular weight excluding hydrogens is 346 g/mol. The molecular formula is C17H24BrNO3. The van der Waals surface area contributed by atoms with Crippen molar-refractivity contribution in [2.24, 2.45) is 0 Å². The SMILES string of the molecule is C[C@H]1CC(Oc2cccc(Br)c2)CCN1C(=O)OC(C)(C)C. The van der Waals surface area contributed by atoms with Gasteiger partial charge < -0.3 is 14.4 Å². The van der Waals surface area contributed by atoms with E-state index in [-0.39, 0.29) is 18.2 Å². The summed E-state index contributed by atoms with van der Waals surface area (Å²) >= 11 is 3.45. The highest BCUT2D eigenvalue weighted by atomic mass is 79.9. The van der Waals surface area contributed by atoms with Crippen molar-refractivity contribution < 1.29 is 14.3 Å². The minimum atomic E-state index is -0.458. The lowest BCUT2D eigenvalue weighted by molar-refractivity contribution is -0.00103. The van der Waals surface area contributed by atoms with Gasteiger partial charge in [-0.15, -0.1) is 0 Å². The Morgan fingerprint density at radius 1 is 1.36 bits per heavy atom. The quantitative estimate of drug-likeness (QED) is 0.763. The number of rotatable bonds is 2. The van der Waals surface area contributed by atoms with Crippen molar-refractivity contribution in [2.75, 3.05) is 6.54 Å². The van der Waals surface area contributed by atoms with Gasteiger partial charge in [0, 0.05) is 29.9 Å². The molecule has 1 aliphatic rings. The summed E-state index contributed by atoms with van der Waals surface area (Å²) in [6.07, 6.45) is 1.52. The number of ether oxygens (including phenoxy) is 2. The maximum Gasteiger partial charge on any atom is 0.410 e. The third kappa shape index (κ3) is 4.90. The number of amides is 1. The number of carbonyl (C=O) groups excluding carboxylic acids is 1. The molecule has 4 nitrogen and oxygen atoms in total. The number of hydrogen-bond acceptors (Lipinski definition) is 3. The summed E-state index contributed by atoms with van der Waals surface area (Å²) < 4.78 is 12.5. The number of piperidine rings is 1. The Labute approximate surface area is 140 Å². The molecule has 0 radical (unpaired) electrons. The van der Waals surface area contributed by atoms with Crippen LogP contribution in [0.1, 0.15) is 40.5 Å². The van der Waals surface area contributed by atoms with E-state index in [0.29, 0.717) is 6.54 Å². The number of nitrogens with zero attached hydrogens (tertiary/aromatic N) is 1. The summed E-state index contributed by atoms with van der Waals surface area (Å²) in [5, 5.41) is 0. The van der Waals surface area contributed by atoms with Crippen molar-refractivity contribution in [2.45, 2.75) is 58.3 Å². The molecule has 0 saturated carbocycles. The monoisotopic (exact) mass is 369 g/mol. The molecule has 0 bridgehead atoms. The third-order valence-corrected chi connectivity index (χ3v) is 4.05. The van der Waals surface area contributed by atoms with Crippen molar-refractivity contribution in [1.29, 1.82) is 0 Å². The Balaban J connectivity index is 1.91. The minimum absolute atomic E-state index is 0.112. The van der Waals surface area contributed by atoms with Gasteiger partial charge in [0.05, 0.1) is 0 Å². The van der Waals surface area contributed by atoms with E-state index in [9.17, 15) is 4.79 Å². The molecule has 1 unspecified atom stereocenters. The van der Waals surface area contributed by atoms with Crippen molar-refractivity contribution >= 4 is 22.0 Å². The molecule has 1 aromatic rings. The normalized spacial score (nSPS) is 22.3. The van der Waals surface area contributed by atoms with Gasteiger partial charge in [0.2, 0.25) is 0 Å². The molecule has 0 N–H and O–H groups in total. The Bertz CT molecular complexity index is 527. The highest BCUT2D eigenvalue weighted by Gasteiger charge is 2.32. The molecule has 2 rings (SSSR count). The third-order valence-electron chi connectivity index (χ3n) is 3.55. The van der Waals surface area contributed by atoms with Crippen LogP contribution < -0.4 is 4.74 Å². The van der Waals surface area contributed by atoms with Crippen molar-refractivity contribution in [1.82, 2.24) is 4.90 Å². The number of hydrogen-bond donors (Lipinski definition) is 0. The zero-order valence-corrected chi connectivity index (χ0v) is 15.2. The standard InChI is InChI=1S/C17H24BrNO3/c1-12-10-15(21-14-7-5-6-13(18)11-14)8-9-19(12)16(20)22-17(2,3)4/h5-7,11-12,15H,8-10H2,1-4H3/t12-,15?/m0/s1. The number of halogens is 1. The van der Waals surface area contributed by atoms with E-state index in [1.807, 2.05) is 52.0 Å². The summed E-state index contributed by atoms with van der Waals surface area (Å²) in [6.45, 7) is 8.37. The van der Waals surface area contributed by atoms with Gasteiger partial charge in [-0.1, -0.05) is 22.0 Å². The molecule has 5 heteroatoms. The first kappa shape index (κ1) is 17.1. The Hall–Kier alpha value is -1.23. The summed E-state index contributed by atoms with van der Waals surface area (Å²) in [5.74, 6) is 0.859. The van der Waals surface area contributed by atoms with Gasteiger partial charge in [-0.3, -0.25) is 0 Å². The number of benzene rings is 1. The summed E-state index contributed by atoms with van der Waals surface area (Å²) in [6, 6.07) is 7.96. The fourth-order valence-corrected chi connectivity index (χ4v) is 2.94. The average Bonchev–Trinajstić information content (AvgIpc) is 2.36. The van der Waals surface area contributed by atoms with Gasteiger partial charge in [-0.05, 0) is 45.9 Å². The second kappa shape index (κ2) is 6.90. The fraction of sp³-hybridized carbons (Fsp3) is 0.588. The molecule has 1 amide bonds. The fourth-order valence-electron chi connectivity index (χ4n) is 2.56. The van der Waals surface area contributed by atoms with Gasteiger partial charge in [-0.2, -0.15) is 0 Å². The van der Waals surface area contributed by atoms with Crippen LogP contribution in [0.4, 0.5) is 4.79 Å². The first-order valence-electron chi connectivity index (χ1n) is 7.66. The summed E-state index contributed by atoms with van der Waals surface area (Å²) in [7, 11) is 0. The molecule has 1 aliphatic heterocycles. The minimum Gasteiger partial charge on any atom is -0.490 e. The van der Waals surface area contributed by atoms with Crippen molar-refractivity contribution in [3.8, 4) is 5.75 Å². The van der Waals surface area contributed by atoms with E-state index >= 15 is 0 Å². The molecule has 0 spiro atoms. The molecule has 1 saturated heterocycles. The van der Waals surface area contributed by atoms with Crippen LogP contribution in [0.25, 0.3) is 0 Å². The zero-order chi connectivity index (χ0) is 16.3. The van der Waals surface area contributed by atoms with Crippen LogP contribution in [0.3, 0.4) is 0 Å². The highest BCUT2D eigenvalue weighted by Crippen LogP contribution is 2.25. The van der Waals surface area contributed by atoms with E-state index in [1.165, 1.54) is 0 Å². The second-order valence-corrected chi connectivity index (χ2v) is 7.66. The first-order valence-corrected chi connectivity index (χ1v) is 8.46. The molecule has 0 aromatic heterocycles. The van der Waals surface area contributed by atoms with E-state index in [2.05, 4.69) is 15.9 Å². The lowest BCUT2D eigenvalue weighted by Gasteiger charge is -2.38. The predicted molar refractivity (Wildman–Crippen MR) is 90.2 cm³/mol. The number of likely N-dealkylation sites (tertiary alicyclic amines) is 1. The molecule has 0 aliphatic carbocycles. The lowest BCUT2D eigenvalue weighted by Crippen LogP contribution is -2.49. The van der Waals surface area contributed by atoms with Crippen LogP contribution in [0.15, 0.2) is 28.7 Å². The van der Waals surface area contributed by atoms with Crippen LogP contribution in [0.2, 0.25) is 0 Å². The second-order valence-electron chi connectivity index (χ2n) is 6.74.